The second-order valence-corrected chi connectivity index (χ2v) is 6.29. The Hall–Kier alpha value is -0.390. The van der Waals surface area contributed by atoms with Crippen LogP contribution in [-0.4, -0.2) is 29.3 Å². The largest absolute Gasteiger partial charge is 0.459 e. The Labute approximate surface area is 117 Å². The van der Waals surface area contributed by atoms with Crippen molar-refractivity contribution in [1.82, 2.24) is 0 Å². The molecule has 0 aliphatic carbocycles. The fourth-order valence-corrected chi connectivity index (χ4v) is 2.72. The summed E-state index contributed by atoms with van der Waals surface area (Å²) in [6.07, 6.45) is -2.15. The molecule has 2 nitrogen and oxygen atoms in total. The van der Waals surface area contributed by atoms with Gasteiger partial charge in [0.15, 0.2) is 0 Å². The van der Waals surface area contributed by atoms with Crippen LogP contribution in [0.4, 0.5) is 13.2 Å². The summed E-state index contributed by atoms with van der Waals surface area (Å²) < 4.78 is 40.8. The maximum atomic E-state index is 11.9. The van der Waals surface area contributed by atoms with E-state index in [4.69, 9.17) is 4.74 Å². The minimum Gasteiger partial charge on any atom is -0.459 e. The molecule has 0 aromatic rings. The Bertz CT molecular complexity index is 265. The molecule has 0 aromatic heterocycles. The van der Waals surface area contributed by atoms with Gasteiger partial charge in [-0.2, -0.15) is 24.9 Å². The fourth-order valence-electron chi connectivity index (χ4n) is 1.62. The van der Waals surface area contributed by atoms with Crippen molar-refractivity contribution in [2.75, 3.05) is 11.5 Å². The summed E-state index contributed by atoms with van der Waals surface area (Å²) in [5.74, 6) is 1.30. The summed E-state index contributed by atoms with van der Waals surface area (Å²) in [6.45, 7) is 5.09. The lowest BCUT2D eigenvalue weighted by Crippen LogP contribution is -2.29. The fraction of sp³-hybridized carbons (Fsp3) is 0.923. The average molecular weight is 300 g/mol. The molecule has 0 fully saturated rings. The third-order valence-electron chi connectivity index (χ3n) is 2.37. The number of ether oxygens (including phenoxy) is 1. The molecule has 0 aromatic carbocycles. The number of unbranched alkanes of at least 4 members (excludes halogenated alkanes) is 3. The molecule has 0 spiro atoms. The number of rotatable bonds is 9. The molecule has 6 heteroatoms. The lowest BCUT2D eigenvalue weighted by atomic mass is 10.1. The molecule has 0 heterocycles. The van der Waals surface area contributed by atoms with Crippen LogP contribution in [0.15, 0.2) is 0 Å². The summed E-state index contributed by atoms with van der Waals surface area (Å²) in [7, 11) is 0. The van der Waals surface area contributed by atoms with E-state index in [0.717, 1.165) is 18.6 Å². The van der Waals surface area contributed by atoms with Crippen LogP contribution < -0.4 is 0 Å². The molecule has 0 rings (SSSR count). The summed E-state index contributed by atoms with van der Waals surface area (Å²) in [6, 6.07) is 0. The first-order valence-corrected chi connectivity index (χ1v) is 7.62. The third-order valence-corrected chi connectivity index (χ3v) is 3.85. The summed E-state index contributed by atoms with van der Waals surface area (Å²) in [5, 5.41) is 0. The normalized spacial score (nSPS) is 12.5. The highest BCUT2D eigenvalue weighted by Gasteiger charge is 2.25. The van der Waals surface area contributed by atoms with E-state index in [-0.39, 0.29) is 12.4 Å². The Morgan fingerprint density at radius 2 is 1.68 bits per heavy atom. The van der Waals surface area contributed by atoms with Crippen LogP contribution in [0, 0.1) is 0 Å². The Morgan fingerprint density at radius 1 is 1.11 bits per heavy atom. The van der Waals surface area contributed by atoms with Crippen molar-refractivity contribution in [3.63, 3.8) is 0 Å². The van der Waals surface area contributed by atoms with Gasteiger partial charge >= 0.3 is 12.1 Å². The van der Waals surface area contributed by atoms with Gasteiger partial charge in [-0.25, -0.2) is 0 Å². The van der Waals surface area contributed by atoms with Crippen LogP contribution in [0.2, 0.25) is 0 Å². The van der Waals surface area contributed by atoms with Gasteiger partial charge in [-0.1, -0.05) is 12.8 Å². The van der Waals surface area contributed by atoms with Crippen LogP contribution in [0.1, 0.15) is 52.9 Å². The number of halogens is 3. The Balaban J connectivity index is 3.43. The van der Waals surface area contributed by atoms with E-state index < -0.39 is 18.2 Å². The molecule has 0 saturated heterocycles. The minimum atomic E-state index is -4.02. The van der Waals surface area contributed by atoms with Gasteiger partial charge in [0, 0.05) is 19.1 Å². The van der Waals surface area contributed by atoms with Crippen molar-refractivity contribution in [2.45, 2.75) is 64.7 Å². The molecule has 0 aliphatic rings. The highest BCUT2D eigenvalue weighted by atomic mass is 32.2. The molecule has 0 aliphatic heterocycles. The molecule has 0 N–H and O–H groups in total. The van der Waals surface area contributed by atoms with Crippen molar-refractivity contribution in [1.29, 1.82) is 0 Å². The number of thioether (sulfide) groups is 1. The lowest BCUT2D eigenvalue weighted by molar-refractivity contribution is -0.151. The number of alkyl halides is 3. The topological polar surface area (TPSA) is 26.3 Å². The van der Waals surface area contributed by atoms with Crippen molar-refractivity contribution in [3.05, 3.63) is 0 Å². The van der Waals surface area contributed by atoms with Gasteiger partial charge in [-0.15, -0.1) is 0 Å². The molecule has 0 saturated carbocycles. The number of carbonyl (C=O) groups excluding carboxylic acids is 1. The first kappa shape index (κ1) is 18.6. The number of esters is 1. The van der Waals surface area contributed by atoms with E-state index >= 15 is 0 Å². The monoisotopic (exact) mass is 300 g/mol. The third kappa shape index (κ3) is 13.8. The van der Waals surface area contributed by atoms with Gasteiger partial charge in [0.05, 0.1) is 0 Å². The second-order valence-electron chi connectivity index (χ2n) is 5.19. The van der Waals surface area contributed by atoms with Crippen molar-refractivity contribution >= 4 is 17.7 Å². The lowest BCUT2D eigenvalue weighted by Gasteiger charge is -2.23. The quantitative estimate of drug-likeness (QED) is 0.461. The van der Waals surface area contributed by atoms with Crippen molar-refractivity contribution in [2.24, 2.45) is 0 Å². The first-order valence-electron chi connectivity index (χ1n) is 6.46. The Kier molecular flexibility index (Phi) is 8.54. The molecule has 114 valence electrons. The van der Waals surface area contributed by atoms with E-state index in [1.165, 1.54) is 6.92 Å². The minimum absolute atomic E-state index is 0.215. The summed E-state index contributed by atoms with van der Waals surface area (Å²) in [5.41, 5.74) is -0.479. The van der Waals surface area contributed by atoms with Gasteiger partial charge in [0.25, 0.3) is 0 Å². The average Bonchev–Trinajstić information content (AvgIpc) is 2.18. The molecule has 0 radical (unpaired) electrons. The second kappa shape index (κ2) is 8.72. The first-order chi connectivity index (χ1) is 8.62. The van der Waals surface area contributed by atoms with Crippen molar-refractivity contribution < 1.29 is 22.7 Å². The van der Waals surface area contributed by atoms with Gasteiger partial charge in [0.2, 0.25) is 0 Å². The van der Waals surface area contributed by atoms with Gasteiger partial charge < -0.3 is 4.74 Å². The van der Waals surface area contributed by atoms with Crippen LogP contribution in [-0.2, 0) is 9.53 Å². The van der Waals surface area contributed by atoms with Crippen LogP contribution in [0.25, 0.3) is 0 Å². The zero-order valence-corrected chi connectivity index (χ0v) is 12.6. The van der Waals surface area contributed by atoms with Crippen LogP contribution >= 0.6 is 11.8 Å². The van der Waals surface area contributed by atoms with E-state index in [2.05, 4.69) is 0 Å². The van der Waals surface area contributed by atoms with E-state index in [1.54, 1.807) is 11.8 Å². The molecular formula is C13H23F3O2S. The van der Waals surface area contributed by atoms with E-state index in [0.29, 0.717) is 12.2 Å². The zero-order chi connectivity index (χ0) is 14.9. The number of carbonyl (C=O) groups is 1. The maximum Gasteiger partial charge on any atom is 0.389 e. The SMILES string of the molecule is CC(=O)OC(C)(C)CSCCCCCCC(F)(F)F. The van der Waals surface area contributed by atoms with Gasteiger partial charge in [-0.3, -0.25) is 4.79 Å². The van der Waals surface area contributed by atoms with Crippen LogP contribution in [0.3, 0.4) is 0 Å². The zero-order valence-electron chi connectivity index (χ0n) is 11.8. The van der Waals surface area contributed by atoms with Crippen molar-refractivity contribution in [3.8, 4) is 0 Å². The molecule has 0 atom stereocenters. The smallest absolute Gasteiger partial charge is 0.389 e. The Morgan fingerprint density at radius 3 is 2.21 bits per heavy atom. The molecule has 0 bridgehead atoms. The maximum absolute atomic E-state index is 11.9. The standard InChI is InChI=1S/C13H23F3O2S/c1-11(17)18-12(2,3)10-19-9-7-5-4-6-8-13(14,15)16/h4-10H2,1-3H3. The molecule has 0 unspecified atom stereocenters. The molecule has 19 heavy (non-hydrogen) atoms. The van der Waals surface area contributed by atoms with E-state index in [1.807, 2.05) is 13.8 Å². The predicted octanol–water partition coefficient (Wildman–Crippen LogP) is 4.57. The van der Waals surface area contributed by atoms with Gasteiger partial charge in [-0.05, 0) is 32.4 Å². The number of hydrogen-bond acceptors (Lipinski definition) is 3. The molecule has 0 amide bonds. The highest BCUT2D eigenvalue weighted by Crippen LogP contribution is 2.23. The van der Waals surface area contributed by atoms with E-state index in [9.17, 15) is 18.0 Å². The summed E-state index contributed by atoms with van der Waals surface area (Å²) in [4.78, 5) is 10.8. The highest BCUT2D eigenvalue weighted by molar-refractivity contribution is 7.99. The van der Waals surface area contributed by atoms with Gasteiger partial charge in [0.1, 0.15) is 5.60 Å². The number of hydrogen-bond donors (Lipinski definition) is 0. The predicted molar refractivity (Wildman–Crippen MR) is 72.3 cm³/mol. The van der Waals surface area contributed by atoms with Crippen LogP contribution in [0.5, 0.6) is 0 Å². The molecular weight excluding hydrogens is 277 g/mol. The summed E-state index contributed by atoms with van der Waals surface area (Å²) >= 11 is 1.67.